The molecule has 0 spiro atoms. The summed E-state index contributed by atoms with van der Waals surface area (Å²) in [5, 5.41) is 15.4. The molecule has 1 aromatic carbocycles. The highest BCUT2D eigenvalue weighted by molar-refractivity contribution is 5.89. The number of hydrogen-bond donors (Lipinski definition) is 3. The third-order valence-corrected chi connectivity index (χ3v) is 5.70. The Morgan fingerprint density at radius 1 is 1.23 bits per heavy atom. The van der Waals surface area contributed by atoms with Crippen LogP contribution in [0.3, 0.4) is 0 Å². The maximum atomic E-state index is 12.6. The van der Waals surface area contributed by atoms with Crippen molar-refractivity contribution in [2.45, 2.75) is 37.5 Å². The van der Waals surface area contributed by atoms with Gasteiger partial charge in [0.1, 0.15) is 11.9 Å². The molecule has 0 aliphatic carbocycles. The van der Waals surface area contributed by atoms with Gasteiger partial charge in [-0.05, 0) is 32.0 Å². The first-order chi connectivity index (χ1) is 14.5. The number of amides is 3. The van der Waals surface area contributed by atoms with E-state index in [1.807, 2.05) is 4.90 Å². The van der Waals surface area contributed by atoms with E-state index in [0.29, 0.717) is 30.7 Å². The van der Waals surface area contributed by atoms with Crippen molar-refractivity contribution in [2.75, 3.05) is 52.3 Å². The van der Waals surface area contributed by atoms with Gasteiger partial charge in [0.05, 0.1) is 32.3 Å². The average Bonchev–Trinajstić information content (AvgIpc) is 2.75. The van der Waals surface area contributed by atoms with Crippen molar-refractivity contribution in [2.24, 2.45) is 0 Å². The van der Waals surface area contributed by atoms with Crippen LogP contribution in [-0.4, -0.2) is 92.0 Å². The van der Waals surface area contributed by atoms with Crippen molar-refractivity contribution in [3.63, 3.8) is 0 Å². The molecule has 9 nitrogen and oxygen atoms in total. The number of nitrogens with zero attached hydrogens (tertiary/aromatic N) is 2. The van der Waals surface area contributed by atoms with Crippen molar-refractivity contribution in [3.05, 3.63) is 24.3 Å². The van der Waals surface area contributed by atoms with E-state index in [0.717, 1.165) is 26.2 Å². The highest BCUT2D eigenvalue weighted by atomic mass is 16.5. The fourth-order valence-electron chi connectivity index (χ4n) is 3.86. The van der Waals surface area contributed by atoms with E-state index in [4.69, 9.17) is 9.47 Å². The zero-order valence-electron chi connectivity index (χ0n) is 17.7. The third-order valence-electron chi connectivity index (χ3n) is 5.70. The summed E-state index contributed by atoms with van der Waals surface area (Å²) < 4.78 is 11.1. The molecule has 1 aromatic rings. The molecule has 2 saturated heterocycles. The van der Waals surface area contributed by atoms with E-state index in [-0.39, 0.29) is 30.7 Å². The summed E-state index contributed by atoms with van der Waals surface area (Å²) in [5.41, 5.74) is 0.611. The molecule has 2 aliphatic rings. The first kappa shape index (κ1) is 22.3. The van der Waals surface area contributed by atoms with Crippen LogP contribution in [0.15, 0.2) is 24.3 Å². The lowest BCUT2D eigenvalue weighted by Crippen LogP contribution is -2.53. The van der Waals surface area contributed by atoms with Crippen molar-refractivity contribution < 1.29 is 24.2 Å². The molecule has 0 radical (unpaired) electrons. The highest BCUT2D eigenvalue weighted by Crippen LogP contribution is 2.23. The third kappa shape index (κ3) is 6.07. The molecule has 3 atom stereocenters. The smallest absolute Gasteiger partial charge is 0.319 e. The lowest BCUT2D eigenvalue weighted by atomic mass is 9.97. The SMILES string of the molecule is COc1cccc(NC(=O)N[C@@H]2CC[C@@H](CC(=O)N3CCN(C)CC3)O[C@@H]2CO)c1. The molecule has 0 bridgehead atoms. The second-order valence-corrected chi connectivity index (χ2v) is 7.88. The van der Waals surface area contributed by atoms with Crippen LogP contribution >= 0.6 is 0 Å². The molecule has 30 heavy (non-hydrogen) atoms. The first-order valence-electron chi connectivity index (χ1n) is 10.4. The van der Waals surface area contributed by atoms with Gasteiger partial charge in [0.25, 0.3) is 0 Å². The number of anilines is 1. The van der Waals surface area contributed by atoms with Crippen LogP contribution in [0.4, 0.5) is 10.5 Å². The topological polar surface area (TPSA) is 103 Å². The van der Waals surface area contributed by atoms with Gasteiger partial charge < -0.3 is 35.0 Å². The van der Waals surface area contributed by atoms with Gasteiger partial charge in [-0.2, -0.15) is 0 Å². The van der Waals surface area contributed by atoms with E-state index >= 15 is 0 Å². The Balaban J connectivity index is 1.47. The van der Waals surface area contributed by atoms with Crippen molar-refractivity contribution in [1.29, 1.82) is 0 Å². The highest BCUT2D eigenvalue weighted by Gasteiger charge is 2.34. The number of nitrogens with one attached hydrogen (secondary N) is 2. The number of urea groups is 1. The molecule has 2 heterocycles. The van der Waals surface area contributed by atoms with Crippen LogP contribution in [0.25, 0.3) is 0 Å². The number of piperazine rings is 1. The second-order valence-electron chi connectivity index (χ2n) is 7.88. The number of ether oxygens (including phenoxy) is 2. The fourth-order valence-corrected chi connectivity index (χ4v) is 3.86. The van der Waals surface area contributed by atoms with E-state index in [2.05, 4.69) is 22.6 Å². The van der Waals surface area contributed by atoms with Gasteiger partial charge in [-0.25, -0.2) is 4.79 Å². The van der Waals surface area contributed by atoms with Crippen molar-refractivity contribution in [3.8, 4) is 5.75 Å². The number of aliphatic hydroxyl groups excluding tert-OH is 1. The lowest BCUT2D eigenvalue weighted by molar-refractivity contribution is -0.141. The van der Waals surface area contributed by atoms with E-state index < -0.39 is 6.10 Å². The molecule has 3 N–H and O–H groups in total. The monoisotopic (exact) mass is 420 g/mol. The summed E-state index contributed by atoms with van der Waals surface area (Å²) in [6, 6.07) is 6.38. The zero-order valence-corrected chi connectivity index (χ0v) is 17.7. The van der Waals surface area contributed by atoms with E-state index in [9.17, 15) is 14.7 Å². The van der Waals surface area contributed by atoms with Crippen molar-refractivity contribution >= 4 is 17.6 Å². The Hall–Kier alpha value is -2.36. The number of rotatable bonds is 6. The second kappa shape index (κ2) is 10.6. The largest absolute Gasteiger partial charge is 0.497 e. The molecule has 2 fully saturated rings. The maximum absolute atomic E-state index is 12.6. The van der Waals surface area contributed by atoms with Crippen LogP contribution in [-0.2, 0) is 9.53 Å². The predicted octanol–water partition coefficient (Wildman–Crippen LogP) is 0.889. The normalized spacial score (nSPS) is 24.9. The van der Waals surface area contributed by atoms with Crippen LogP contribution in [0.5, 0.6) is 5.75 Å². The number of aliphatic hydroxyl groups is 1. The number of hydrogen-bond acceptors (Lipinski definition) is 6. The van der Waals surface area contributed by atoms with Crippen LogP contribution in [0.2, 0.25) is 0 Å². The van der Waals surface area contributed by atoms with Gasteiger partial charge in [0, 0.05) is 37.9 Å². The maximum Gasteiger partial charge on any atom is 0.319 e. The molecular formula is C21H32N4O5. The Labute approximate surface area is 177 Å². The molecule has 3 amide bonds. The summed E-state index contributed by atoms with van der Waals surface area (Å²) in [7, 11) is 3.62. The molecule has 3 rings (SSSR count). The van der Waals surface area contributed by atoms with Gasteiger partial charge in [-0.15, -0.1) is 0 Å². The quantitative estimate of drug-likeness (QED) is 0.632. The Morgan fingerprint density at radius 2 is 2.00 bits per heavy atom. The van der Waals surface area contributed by atoms with Gasteiger partial charge in [0.15, 0.2) is 0 Å². The van der Waals surface area contributed by atoms with E-state index in [1.165, 1.54) is 0 Å². The summed E-state index contributed by atoms with van der Waals surface area (Å²) in [6.45, 7) is 3.01. The molecular weight excluding hydrogens is 388 g/mol. The minimum atomic E-state index is -0.542. The zero-order chi connectivity index (χ0) is 21.5. The molecule has 166 valence electrons. The minimum Gasteiger partial charge on any atom is -0.497 e. The number of carbonyl (C=O) groups excluding carboxylic acids is 2. The fraction of sp³-hybridized carbons (Fsp3) is 0.619. The Bertz CT molecular complexity index is 723. The number of methoxy groups -OCH3 is 1. The summed E-state index contributed by atoms with van der Waals surface area (Å²) in [5.74, 6) is 0.738. The van der Waals surface area contributed by atoms with Gasteiger partial charge >= 0.3 is 6.03 Å². The van der Waals surface area contributed by atoms with Crippen LogP contribution < -0.4 is 15.4 Å². The lowest BCUT2D eigenvalue weighted by Gasteiger charge is -2.37. The molecule has 0 aromatic heterocycles. The molecule has 2 aliphatic heterocycles. The van der Waals surface area contributed by atoms with Gasteiger partial charge in [-0.3, -0.25) is 4.79 Å². The summed E-state index contributed by atoms with van der Waals surface area (Å²) in [6.07, 6.45) is 0.814. The standard InChI is InChI=1S/C21H32N4O5/c1-24-8-10-25(11-9-24)20(27)13-17-6-7-18(19(14-26)30-17)23-21(28)22-15-4-3-5-16(12-15)29-2/h3-5,12,17-19,26H,6-11,13-14H2,1-2H3,(H2,22,23,28)/t17-,18+,19+/m0/s1. The minimum absolute atomic E-state index is 0.0898. The van der Waals surface area contributed by atoms with E-state index in [1.54, 1.807) is 31.4 Å². The van der Waals surface area contributed by atoms with Gasteiger partial charge in [0.2, 0.25) is 5.91 Å². The number of benzene rings is 1. The molecule has 9 heteroatoms. The molecule has 0 unspecified atom stereocenters. The van der Waals surface area contributed by atoms with Gasteiger partial charge in [-0.1, -0.05) is 6.07 Å². The number of likely N-dealkylation sites (N-methyl/N-ethyl adjacent to an activating group) is 1. The molecule has 0 saturated carbocycles. The Morgan fingerprint density at radius 3 is 2.70 bits per heavy atom. The van der Waals surface area contributed by atoms with Crippen LogP contribution in [0.1, 0.15) is 19.3 Å². The average molecular weight is 421 g/mol. The summed E-state index contributed by atoms with van der Waals surface area (Å²) >= 11 is 0. The number of carbonyl (C=O) groups is 2. The van der Waals surface area contributed by atoms with Crippen molar-refractivity contribution in [1.82, 2.24) is 15.1 Å². The summed E-state index contributed by atoms with van der Waals surface area (Å²) in [4.78, 5) is 29.0. The predicted molar refractivity (Wildman–Crippen MR) is 113 cm³/mol. The Kier molecular flexibility index (Phi) is 7.89. The van der Waals surface area contributed by atoms with Crippen LogP contribution in [0, 0.1) is 0 Å². The first-order valence-corrected chi connectivity index (χ1v) is 10.4.